The Morgan fingerprint density at radius 1 is 1.10 bits per heavy atom. The molecule has 2 aromatic rings. The van der Waals surface area contributed by atoms with Crippen LogP contribution in [0.1, 0.15) is 0 Å². The van der Waals surface area contributed by atoms with Crippen molar-refractivity contribution in [3.05, 3.63) is 41.2 Å². The topological polar surface area (TPSA) is 56.5 Å². The van der Waals surface area contributed by atoms with Crippen LogP contribution in [0.25, 0.3) is 0 Å². The van der Waals surface area contributed by atoms with Crippen molar-refractivity contribution in [1.29, 1.82) is 0 Å². The Kier molecular flexibility index (Phi) is 3.02. The van der Waals surface area contributed by atoms with Gasteiger partial charge < -0.3 is 20.5 Å². The molecule has 1 aliphatic heterocycles. The Hall–Kier alpha value is -2.28. The summed E-state index contributed by atoms with van der Waals surface area (Å²) in [5, 5.41) is 2.69. The molecule has 2 aromatic carbocycles. The zero-order valence-electron chi connectivity index (χ0n) is 10.3. The van der Waals surface area contributed by atoms with E-state index in [1.54, 1.807) is 0 Å². The molecule has 0 radical (unpaired) electrons. The van der Waals surface area contributed by atoms with Gasteiger partial charge >= 0.3 is 6.29 Å². The molecule has 110 valence electrons. The highest BCUT2D eigenvalue weighted by Gasteiger charge is 2.43. The number of alkyl halides is 2. The van der Waals surface area contributed by atoms with Gasteiger partial charge in [-0.2, -0.15) is 0 Å². The zero-order chi connectivity index (χ0) is 15.2. The zero-order valence-corrected chi connectivity index (χ0v) is 11.0. The molecule has 1 aliphatic rings. The first-order chi connectivity index (χ1) is 9.84. The van der Waals surface area contributed by atoms with Crippen molar-refractivity contribution in [3.8, 4) is 11.5 Å². The lowest BCUT2D eigenvalue weighted by molar-refractivity contribution is -0.286. The highest BCUT2D eigenvalue weighted by atomic mass is 35.5. The van der Waals surface area contributed by atoms with E-state index < -0.39 is 12.1 Å². The van der Waals surface area contributed by atoms with Gasteiger partial charge in [0, 0.05) is 17.8 Å². The molecule has 0 amide bonds. The fraction of sp³-hybridized carbons (Fsp3) is 0.0769. The molecule has 0 atom stereocenters. The highest BCUT2D eigenvalue weighted by Crippen LogP contribution is 2.42. The smallest absolute Gasteiger partial charge is 0.397 e. The molecule has 21 heavy (non-hydrogen) atoms. The second kappa shape index (κ2) is 4.63. The first-order valence-electron chi connectivity index (χ1n) is 5.75. The number of anilines is 3. The van der Waals surface area contributed by atoms with Gasteiger partial charge in [-0.05, 0) is 18.2 Å². The largest absolute Gasteiger partial charge is 0.586 e. The van der Waals surface area contributed by atoms with Crippen molar-refractivity contribution >= 4 is 28.7 Å². The Morgan fingerprint density at radius 3 is 2.57 bits per heavy atom. The molecule has 8 heteroatoms. The molecule has 0 saturated heterocycles. The molecular formula is C13H8ClF3N2O2. The minimum atomic E-state index is -3.69. The molecule has 0 aliphatic carbocycles. The number of rotatable bonds is 2. The van der Waals surface area contributed by atoms with Gasteiger partial charge in [-0.15, -0.1) is 8.78 Å². The van der Waals surface area contributed by atoms with Crippen molar-refractivity contribution in [1.82, 2.24) is 0 Å². The average molecular weight is 317 g/mol. The summed E-state index contributed by atoms with van der Waals surface area (Å²) in [7, 11) is 0. The van der Waals surface area contributed by atoms with Crippen molar-refractivity contribution in [2.45, 2.75) is 6.29 Å². The first-order valence-corrected chi connectivity index (χ1v) is 6.13. The van der Waals surface area contributed by atoms with Crippen LogP contribution >= 0.6 is 11.6 Å². The van der Waals surface area contributed by atoms with E-state index in [9.17, 15) is 13.2 Å². The maximum atomic E-state index is 13.4. The molecule has 3 rings (SSSR count). The molecule has 1 heterocycles. The second-order valence-corrected chi connectivity index (χ2v) is 4.71. The van der Waals surface area contributed by atoms with Gasteiger partial charge in [0.25, 0.3) is 0 Å². The lowest BCUT2D eigenvalue weighted by atomic mass is 10.2. The maximum absolute atomic E-state index is 13.4. The van der Waals surface area contributed by atoms with Crippen molar-refractivity contribution in [2.24, 2.45) is 0 Å². The van der Waals surface area contributed by atoms with Crippen LogP contribution in [0.15, 0.2) is 30.3 Å². The minimum Gasteiger partial charge on any atom is -0.397 e. The highest BCUT2D eigenvalue weighted by molar-refractivity contribution is 6.31. The standard InChI is InChI=1S/C13H8ClF3N2O2/c14-7-4-9(18)10(5-8(7)15)19-6-1-2-11-12(3-6)21-13(16,17)20-11/h1-5,19H,18H2. The van der Waals surface area contributed by atoms with E-state index in [-0.39, 0.29) is 27.9 Å². The van der Waals surface area contributed by atoms with Gasteiger partial charge in [-0.3, -0.25) is 0 Å². The third-order valence-corrected chi connectivity index (χ3v) is 3.06. The Balaban J connectivity index is 1.89. The second-order valence-electron chi connectivity index (χ2n) is 4.31. The first kappa shape index (κ1) is 13.7. The van der Waals surface area contributed by atoms with E-state index in [1.165, 1.54) is 24.3 Å². The maximum Gasteiger partial charge on any atom is 0.586 e. The van der Waals surface area contributed by atoms with Crippen LogP contribution in [0, 0.1) is 5.82 Å². The van der Waals surface area contributed by atoms with Crippen LogP contribution in [0.2, 0.25) is 5.02 Å². The van der Waals surface area contributed by atoms with Crippen LogP contribution in [-0.4, -0.2) is 6.29 Å². The minimum absolute atomic E-state index is 0.0826. The number of hydrogen-bond acceptors (Lipinski definition) is 4. The van der Waals surface area contributed by atoms with E-state index >= 15 is 0 Å². The number of ether oxygens (including phenoxy) is 2. The Bertz CT molecular complexity index is 725. The van der Waals surface area contributed by atoms with Crippen molar-refractivity contribution in [2.75, 3.05) is 11.1 Å². The van der Waals surface area contributed by atoms with Crippen molar-refractivity contribution < 1.29 is 22.6 Å². The summed E-state index contributed by atoms with van der Waals surface area (Å²) < 4.78 is 47.8. The summed E-state index contributed by atoms with van der Waals surface area (Å²) in [4.78, 5) is 0. The van der Waals surface area contributed by atoms with Crippen LogP contribution < -0.4 is 20.5 Å². The number of nitrogen functional groups attached to an aromatic ring is 1. The van der Waals surface area contributed by atoms with Gasteiger partial charge in [0.2, 0.25) is 0 Å². The SMILES string of the molecule is Nc1cc(Cl)c(F)cc1Nc1ccc2c(c1)OC(F)(F)O2. The van der Waals surface area contributed by atoms with Crippen LogP contribution in [0.3, 0.4) is 0 Å². The van der Waals surface area contributed by atoms with Crippen LogP contribution in [0.4, 0.5) is 30.2 Å². The van der Waals surface area contributed by atoms with E-state index in [0.29, 0.717) is 5.69 Å². The van der Waals surface area contributed by atoms with Gasteiger partial charge in [-0.25, -0.2) is 4.39 Å². The lowest BCUT2D eigenvalue weighted by Gasteiger charge is -2.10. The molecule has 0 saturated carbocycles. The number of halogens is 4. The van der Waals surface area contributed by atoms with Gasteiger partial charge in [0.1, 0.15) is 5.82 Å². The van der Waals surface area contributed by atoms with E-state index in [2.05, 4.69) is 14.8 Å². The molecule has 0 spiro atoms. The summed E-state index contributed by atoms with van der Waals surface area (Å²) >= 11 is 5.59. The van der Waals surface area contributed by atoms with Crippen LogP contribution in [-0.2, 0) is 0 Å². The average Bonchev–Trinajstić information content (AvgIpc) is 2.69. The molecule has 0 fully saturated rings. The monoisotopic (exact) mass is 316 g/mol. The summed E-state index contributed by atoms with van der Waals surface area (Å²) in [6.45, 7) is 0. The summed E-state index contributed by atoms with van der Waals surface area (Å²) in [5.41, 5.74) is 6.55. The lowest BCUT2D eigenvalue weighted by Crippen LogP contribution is -2.25. The molecule has 4 nitrogen and oxygen atoms in total. The fourth-order valence-electron chi connectivity index (χ4n) is 1.85. The molecular weight excluding hydrogens is 309 g/mol. The third kappa shape index (κ3) is 2.64. The fourth-order valence-corrected chi connectivity index (χ4v) is 2.02. The number of fused-ring (bicyclic) bond motifs is 1. The number of benzene rings is 2. The van der Waals surface area contributed by atoms with E-state index in [0.717, 1.165) is 6.07 Å². The summed E-state index contributed by atoms with van der Waals surface area (Å²) in [5.74, 6) is -0.862. The molecule has 0 aromatic heterocycles. The molecule has 0 unspecified atom stereocenters. The predicted molar refractivity (Wildman–Crippen MR) is 71.8 cm³/mol. The van der Waals surface area contributed by atoms with Gasteiger partial charge in [0.15, 0.2) is 11.5 Å². The summed E-state index contributed by atoms with van der Waals surface area (Å²) in [6, 6.07) is 6.43. The van der Waals surface area contributed by atoms with Gasteiger partial charge in [-0.1, -0.05) is 11.6 Å². The van der Waals surface area contributed by atoms with Crippen molar-refractivity contribution in [3.63, 3.8) is 0 Å². The Morgan fingerprint density at radius 2 is 1.81 bits per heavy atom. The normalized spacial score (nSPS) is 15.0. The quantitative estimate of drug-likeness (QED) is 0.818. The number of nitrogens with two attached hydrogens (primary N) is 1. The number of nitrogens with one attached hydrogen (secondary N) is 1. The van der Waals surface area contributed by atoms with Crippen LogP contribution in [0.5, 0.6) is 11.5 Å². The van der Waals surface area contributed by atoms with E-state index in [1.807, 2.05) is 0 Å². The van der Waals surface area contributed by atoms with E-state index in [4.69, 9.17) is 17.3 Å². The summed E-state index contributed by atoms with van der Waals surface area (Å²) in [6.07, 6.45) is -3.69. The van der Waals surface area contributed by atoms with Gasteiger partial charge in [0.05, 0.1) is 16.4 Å². The third-order valence-electron chi connectivity index (χ3n) is 2.77. The number of hydrogen-bond donors (Lipinski definition) is 2. The molecule has 3 N–H and O–H groups in total. The Labute approximate surface area is 122 Å². The molecule has 0 bridgehead atoms. The predicted octanol–water partition coefficient (Wildman–Crippen LogP) is 4.13.